The van der Waals surface area contributed by atoms with E-state index in [2.05, 4.69) is 4.98 Å². The fourth-order valence-corrected chi connectivity index (χ4v) is 5.35. The van der Waals surface area contributed by atoms with E-state index in [4.69, 9.17) is 11.6 Å². The van der Waals surface area contributed by atoms with Gasteiger partial charge in [0.1, 0.15) is 11.5 Å². The second kappa shape index (κ2) is 11.0. The summed E-state index contributed by atoms with van der Waals surface area (Å²) in [6, 6.07) is 6.73. The molecule has 1 fully saturated rings. The molecule has 1 aliphatic rings. The van der Waals surface area contributed by atoms with Gasteiger partial charge in [-0.1, -0.05) is 25.1 Å². The second-order valence-electron chi connectivity index (χ2n) is 7.82. The fraction of sp³-hybridized carbons (Fsp3) is 0.409. The Morgan fingerprint density at radius 2 is 1.94 bits per heavy atom. The molecule has 11 heteroatoms. The number of hydrogen-bond donors (Lipinski definition) is 0. The van der Waals surface area contributed by atoms with Crippen LogP contribution in [-0.4, -0.2) is 46.6 Å². The molecule has 0 bridgehead atoms. The van der Waals surface area contributed by atoms with Crippen LogP contribution in [0.1, 0.15) is 19.8 Å². The number of anilines is 1. The third kappa shape index (κ3) is 5.39. The molecule has 0 atom stereocenters. The van der Waals surface area contributed by atoms with Crippen LogP contribution in [0.15, 0.2) is 34.0 Å². The summed E-state index contributed by atoms with van der Waals surface area (Å²) >= 11 is 7.90. The maximum Gasteiger partial charge on any atom is 1.00 e. The topological polar surface area (TPSA) is 85.2 Å². The molecule has 2 heterocycles. The summed E-state index contributed by atoms with van der Waals surface area (Å²) < 4.78 is 28.0. The summed E-state index contributed by atoms with van der Waals surface area (Å²) in [5.74, 6) is -1.40. The molecule has 1 aromatic carbocycles. The van der Waals surface area contributed by atoms with E-state index >= 15 is 0 Å². The van der Waals surface area contributed by atoms with Crippen LogP contribution in [0, 0.1) is 5.92 Å². The standard InChI is InChI=1S/C22H21ClF2N3O2S.Na.H2O/c1-3-31-20-16(23)6-4-14-18(20)28(8-9-29)21-15(19(14)30)5-7-17(26-21)27(2)12-13-10-22(24,25)11-13;;/h4-7,13H,3,8,10-12H2,1-2H3;;1H2/q-1;+1;/p-1. The van der Waals surface area contributed by atoms with Crippen LogP contribution >= 0.6 is 23.4 Å². The number of aromatic nitrogens is 2. The summed E-state index contributed by atoms with van der Waals surface area (Å²) in [5, 5.41) is 1.34. The van der Waals surface area contributed by atoms with Crippen molar-refractivity contribution in [2.45, 2.75) is 37.1 Å². The maximum absolute atomic E-state index is 13.2. The van der Waals surface area contributed by atoms with Gasteiger partial charge >= 0.3 is 29.6 Å². The zero-order valence-corrected chi connectivity index (χ0v) is 22.1. The van der Waals surface area contributed by atoms with Gasteiger partial charge < -0.3 is 19.7 Å². The van der Waals surface area contributed by atoms with Crippen LogP contribution in [0.4, 0.5) is 14.6 Å². The Balaban J connectivity index is 0.00000193. The van der Waals surface area contributed by atoms with Crippen molar-refractivity contribution in [1.82, 2.24) is 9.55 Å². The zero-order valence-electron chi connectivity index (χ0n) is 18.6. The van der Waals surface area contributed by atoms with E-state index in [0.29, 0.717) is 44.2 Å². The molecule has 1 aliphatic carbocycles. The van der Waals surface area contributed by atoms with E-state index in [1.807, 2.05) is 18.1 Å². The number of thioether (sulfide) groups is 1. The van der Waals surface area contributed by atoms with Crippen molar-refractivity contribution in [2.24, 2.45) is 5.92 Å². The number of nitrogens with zero attached hydrogens (tertiary/aromatic N) is 3. The summed E-state index contributed by atoms with van der Waals surface area (Å²) in [7, 11) is 1.79. The SMILES string of the molecule is CCSc1c(Cl)ccc2c(=O)c3ccc(N(C)CC4CC(F)(F)C4)nc3n(C[C-]=O)c12.[Na+].[OH-]. The average molecular weight is 505 g/mol. The molecule has 6 nitrogen and oxygen atoms in total. The Labute approximate surface area is 221 Å². The number of fused-ring (bicyclic) bond motifs is 2. The molecule has 172 valence electrons. The van der Waals surface area contributed by atoms with E-state index in [-0.39, 0.29) is 65.8 Å². The predicted molar refractivity (Wildman–Crippen MR) is 123 cm³/mol. The average Bonchev–Trinajstić information content (AvgIpc) is 2.71. The summed E-state index contributed by atoms with van der Waals surface area (Å²) in [5.41, 5.74) is 0.720. The van der Waals surface area contributed by atoms with Crippen molar-refractivity contribution in [3.63, 3.8) is 0 Å². The monoisotopic (exact) mass is 504 g/mol. The molecule has 4 rings (SSSR count). The van der Waals surface area contributed by atoms with Crippen molar-refractivity contribution in [3.05, 3.63) is 39.5 Å². The van der Waals surface area contributed by atoms with Crippen molar-refractivity contribution in [2.75, 3.05) is 24.2 Å². The quantitative estimate of drug-likeness (QED) is 0.211. The molecule has 2 aromatic heterocycles. The maximum atomic E-state index is 13.2. The Hall–Kier alpha value is -1.23. The number of pyridine rings is 2. The smallest absolute Gasteiger partial charge is 0.870 e. The predicted octanol–water partition coefficient (Wildman–Crippen LogP) is 1.73. The van der Waals surface area contributed by atoms with Crippen LogP contribution in [0.5, 0.6) is 0 Å². The first-order valence-corrected chi connectivity index (χ1v) is 11.3. The molecular formula is C22H22ClF2N3NaO3S-. The Morgan fingerprint density at radius 3 is 2.55 bits per heavy atom. The van der Waals surface area contributed by atoms with E-state index in [1.54, 1.807) is 35.9 Å². The van der Waals surface area contributed by atoms with Gasteiger partial charge in [-0.15, -0.1) is 11.8 Å². The summed E-state index contributed by atoms with van der Waals surface area (Å²) in [4.78, 5) is 31.8. The van der Waals surface area contributed by atoms with Gasteiger partial charge in [-0.2, -0.15) is 0 Å². The number of halogens is 3. The first kappa shape index (κ1) is 28.0. The van der Waals surface area contributed by atoms with Gasteiger partial charge in [-0.05, 0) is 35.9 Å². The number of hydrogen-bond acceptors (Lipinski definition) is 6. The van der Waals surface area contributed by atoms with Crippen LogP contribution in [0.3, 0.4) is 0 Å². The summed E-state index contributed by atoms with van der Waals surface area (Å²) in [6.45, 7) is 2.30. The van der Waals surface area contributed by atoms with Crippen molar-refractivity contribution >= 4 is 57.4 Å². The normalized spacial score (nSPS) is 14.9. The third-order valence-corrected chi connectivity index (χ3v) is 6.99. The van der Waals surface area contributed by atoms with Crippen molar-refractivity contribution in [1.29, 1.82) is 0 Å². The summed E-state index contributed by atoms with van der Waals surface area (Å²) in [6.07, 6.45) is 1.65. The Morgan fingerprint density at radius 1 is 1.27 bits per heavy atom. The Bertz CT molecular complexity index is 1230. The van der Waals surface area contributed by atoms with E-state index in [9.17, 15) is 18.4 Å². The molecule has 1 N–H and O–H groups in total. The minimum Gasteiger partial charge on any atom is -0.870 e. The molecule has 0 radical (unpaired) electrons. The van der Waals surface area contributed by atoms with Gasteiger partial charge in [0.2, 0.25) is 5.92 Å². The largest absolute Gasteiger partial charge is 1.00 e. The number of rotatable bonds is 7. The first-order chi connectivity index (χ1) is 14.8. The number of benzene rings is 1. The molecular weight excluding hydrogens is 483 g/mol. The molecule has 0 amide bonds. The zero-order chi connectivity index (χ0) is 22.3. The Kier molecular flexibility index (Phi) is 9.34. The third-order valence-electron chi connectivity index (χ3n) is 5.57. The molecule has 0 unspecified atom stereocenters. The first-order valence-electron chi connectivity index (χ1n) is 9.98. The molecule has 0 saturated heterocycles. The molecule has 1 saturated carbocycles. The van der Waals surface area contributed by atoms with Gasteiger partial charge in [0.25, 0.3) is 0 Å². The fourth-order valence-electron chi connectivity index (χ4n) is 4.18. The number of carbonyl (C=O) groups excluding carboxylic acids is 1. The van der Waals surface area contributed by atoms with E-state index in [1.165, 1.54) is 11.8 Å². The van der Waals surface area contributed by atoms with Crippen LogP contribution in [-0.2, 0) is 11.3 Å². The van der Waals surface area contributed by atoms with Gasteiger partial charge in [0, 0.05) is 31.8 Å². The van der Waals surface area contributed by atoms with Crippen LogP contribution in [0.2, 0.25) is 5.02 Å². The van der Waals surface area contributed by atoms with Gasteiger partial charge in [0.05, 0.1) is 20.8 Å². The second-order valence-corrected chi connectivity index (χ2v) is 9.50. The molecule has 33 heavy (non-hydrogen) atoms. The molecule has 0 spiro atoms. The van der Waals surface area contributed by atoms with Crippen LogP contribution < -0.4 is 39.9 Å². The number of alkyl halides is 2. The van der Waals surface area contributed by atoms with Crippen LogP contribution in [0.25, 0.3) is 21.9 Å². The van der Waals surface area contributed by atoms with Gasteiger partial charge in [0.15, 0.2) is 5.43 Å². The van der Waals surface area contributed by atoms with Crippen molar-refractivity contribution in [3.8, 4) is 0 Å². The van der Waals surface area contributed by atoms with E-state index in [0.717, 1.165) is 5.75 Å². The van der Waals surface area contributed by atoms with Crippen molar-refractivity contribution < 1.29 is 48.6 Å². The minimum atomic E-state index is -2.58. The van der Waals surface area contributed by atoms with E-state index < -0.39 is 5.92 Å². The molecule has 0 aliphatic heterocycles. The van der Waals surface area contributed by atoms with Gasteiger partial charge in [-0.25, -0.2) is 20.1 Å². The minimum absolute atomic E-state index is 0. The molecule has 3 aromatic rings. The van der Waals surface area contributed by atoms with Gasteiger partial charge in [-0.3, -0.25) is 4.79 Å².